The Balaban J connectivity index is 1.30. The zero-order valence-corrected chi connectivity index (χ0v) is 24.8. The molecule has 9 heteroatoms. The first-order valence-electron chi connectivity index (χ1n) is 14.7. The van der Waals surface area contributed by atoms with Crippen LogP contribution in [-0.4, -0.2) is 40.1 Å². The number of allylic oxidation sites excluding steroid dienone is 2. The van der Waals surface area contributed by atoms with E-state index in [1.807, 2.05) is 47.9 Å². The van der Waals surface area contributed by atoms with E-state index >= 15 is 0 Å². The van der Waals surface area contributed by atoms with Crippen LogP contribution >= 0.6 is 11.3 Å². The molecule has 2 fully saturated rings. The van der Waals surface area contributed by atoms with Crippen molar-refractivity contribution in [1.29, 1.82) is 0 Å². The lowest BCUT2D eigenvalue weighted by Gasteiger charge is -2.44. The fourth-order valence-electron chi connectivity index (χ4n) is 7.00. The summed E-state index contributed by atoms with van der Waals surface area (Å²) in [5, 5.41) is 22.3. The minimum atomic E-state index is -1.01. The standard InChI is InChI=1S/C33H36BNO6S/c1-20(2)26-16-27-31(33(38)35(32(27)37)18-25-9-6-14-42-25)28-17-34(39)41-29(30(26)28)13-10-22(21-7-4-3-5-8-21)15-23-11-12-24(19-36)40-23/h3-9,11-12,14-15,20,27-29,31,36,39H,10,13,16-19H2,1-2H3/b22-15-/t27-,28+,29-,31-/m1/s1. The number of likely N-dealkylation sites (tertiary alicyclic amines) is 1. The highest BCUT2D eigenvalue weighted by atomic mass is 32.1. The zero-order chi connectivity index (χ0) is 29.4. The van der Waals surface area contributed by atoms with Crippen LogP contribution in [0.1, 0.15) is 55.1 Å². The van der Waals surface area contributed by atoms with E-state index in [2.05, 4.69) is 26.0 Å². The van der Waals surface area contributed by atoms with Gasteiger partial charge in [0.05, 0.1) is 24.5 Å². The molecule has 3 aliphatic rings. The molecule has 7 nitrogen and oxygen atoms in total. The molecule has 42 heavy (non-hydrogen) atoms. The van der Waals surface area contributed by atoms with Gasteiger partial charge >= 0.3 is 7.12 Å². The number of aliphatic hydroxyl groups is 1. The number of thiophene rings is 1. The number of hydrogen-bond acceptors (Lipinski definition) is 7. The lowest BCUT2D eigenvalue weighted by molar-refractivity contribution is -0.140. The third kappa shape index (κ3) is 5.58. The third-order valence-corrected chi connectivity index (χ3v) is 9.76. The van der Waals surface area contributed by atoms with Crippen molar-refractivity contribution in [2.75, 3.05) is 0 Å². The van der Waals surface area contributed by atoms with Crippen molar-refractivity contribution < 1.29 is 28.8 Å². The summed E-state index contributed by atoms with van der Waals surface area (Å²) >= 11 is 1.55. The van der Waals surface area contributed by atoms with Gasteiger partial charge in [-0.05, 0) is 83.8 Å². The lowest BCUT2D eigenvalue weighted by atomic mass is 9.57. The van der Waals surface area contributed by atoms with Crippen LogP contribution in [0.2, 0.25) is 6.32 Å². The summed E-state index contributed by atoms with van der Waals surface area (Å²) in [6.07, 6.45) is 3.72. The Morgan fingerprint density at radius 2 is 1.90 bits per heavy atom. The molecule has 4 heterocycles. The normalized spacial score (nSPS) is 24.5. The number of benzene rings is 1. The molecule has 1 aliphatic carbocycles. The van der Waals surface area contributed by atoms with Crippen LogP contribution in [0.4, 0.5) is 0 Å². The first-order valence-corrected chi connectivity index (χ1v) is 15.6. The maximum absolute atomic E-state index is 13.8. The summed E-state index contributed by atoms with van der Waals surface area (Å²) < 4.78 is 12.0. The molecule has 4 atom stereocenters. The number of aliphatic hydroxyl groups excluding tert-OH is 1. The molecule has 218 valence electrons. The Morgan fingerprint density at radius 1 is 1.10 bits per heavy atom. The average Bonchev–Trinajstić information content (AvgIpc) is 3.73. The van der Waals surface area contributed by atoms with Gasteiger partial charge in [0.15, 0.2) is 0 Å². The molecule has 0 bridgehead atoms. The van der Waals surface area contributed by atoms with Gasteiger partial charge in [-0.1, -0.05) is 55.8 Å². The predicted octanol–water partition coefficient (Wildman–Crippen LogP) is 5.81. The lowest BCUT2D eigenvalue weighted by Crippen LogP contribution is -2.46. The average molecular weight is 586 g/mol. The molecule has 2 saturated heterocycles. The number of amides is 2. The van der Waals surface area contributed by atoms with Gasteiger partial charge in [-0.2, -0.15) is 0 Å². The van der Waals surface area contributed by atoms with Crippen LogP contribution in [-0.2, 0) is 27.4 Å². The van der Waals surface area contributed by atoms with Crippen molar-refractivity contribution in [1.82, 2.24) is 4.90 Å². The topological polar surface area (TPSA) is 100 Å². The van der Waals surface area contributed by atoms with E-state index in [-0.39, 0.29) is 36.4 Å². The molecule has 2 N–H and O–H groups in total. The van der Waals surface area contributed by atoms with Gasteiger partial charge in [0.25, 0.3) is 0 Å². The van der Waals surface area contributed by atoms with Gasteiger partial charge in [-0.15, -0.1) is 11.3 Å². The molecule has 2 aliphatic heterocycles. The van der Waals surface area contributed by atoms with E-state index in [1.165, 1.54) is 10.5 Å². The summed E-state index contributed by atoms with van der Waals surface area (Å²) in [5.41, 5.74) is 4.38. The van der Waals surface area contributed by atoms with Crippen molar-refractivity contribution in [2.45, 2.75) is 58.7 Å². The van der Waals surface area contributed by atoms with Crippen LogP contribution in [0.5, 0.6) is 0 Å². The van der Waals surface area contributed by atoms with Crippen LogP contribution < -0.4 is 0 Å². The summed E-state index contributed by atoms with van der Waals surface area (Å²) in [4.78, 5) is 29.9. The van der Waals surface area contributed by atoms with E-state index < -0.39 is 19.0 Å². The predicted molar refractivity (Wildman–Crippen MR) is 163 cm³/mol. The van der Waals surface area contributed by atoms with E-state index in [0.717, 1.165) is 21.6 Å². The summed E-state index contributed by atoms with van der Waals surface area (Å²) in [5.74, 6) is 0.0203. The van der Waals surface area contributed by atoms with Gasteiger partial charge in [0.2, 0.25) is 11.8 Å². The Morgan fingerprint density at radius 3 is 2.60 bits per heavy atom. The summed E-state index contributed by atoms with van der Waals surface area (Å²) in [7, 11) is -1.01. The van der Waals surface area contributed by atoms with Crippen molar-refractivity contribution >= 4 is 41.9 Å². The quantitative estimate of drug-likeness (QED) is 0.187. The molecule has 0 radical (unpaired) electrons. The Hall–Kier alpha value is -3.24. The van der Waals surface area contributed by atoms with E-state index in [4.69, 9.17) is 9.07 Å². The Bertz CT molecular complexity index is 1490. The van der Waals surface area contributed by atoms with Crippen molar-refractivity contribution in [2.24, 2.45) is 23.7 Å². The maximum Gasteiger partial charge on any atom is 0.455 e. The number of furan rings is 1. The van der Waals surface area contributed by atoms with E-state index in [1.54, 1.807) is 17.4 Å². The Labute approximate surface area is 250 Å². The molecular formula is C33H36BNO6S. The van der Waals surface area contributed by atoms with Crippen LogP contribution in [0, 0.1) is 23.7 Å². The third-order valence-electron chi connectivity index (χ3n) is 8.90. The van der Waals surface area contributed by atoms with Crippen molar-refractivity contribution in [3.8, 4) is 0 Å². The molecule has 2 aromatic heterocycles. The Kier molecular flexibility index (Phi) is 8.36. The number of carbonyl (C=O) groups excluding carboxylic acids is 2. The second kappa shape index (κ2) is 12.2. The highest BCUT2D eigenvalue weighted by Gasteiger charge is 2.57. The highest BCUT2D eigenvalue weighted by molar-refractivity contribution is 7.09. The number of carbonyl (C=O) groups is 2. The monoisotopic (exact) mass is 585 g/mol. The molecule has 2 amide bonds. The van der Waals surface area contributed by atoms with E-state index in [0.29, 0.717) is 43.6 Å². The van der Waals surface area contributed by atoms with E-state index in [9.17, 15) is 19.7 Å². The first kappa shape index (κ1) is 28.9. The van der Waals surface area contributed by atoms with Gasteiger partial charge < -0.3 is 19.2 Å². The minimum Gasteiger partial charge on any atom is -0.459 e. The van der Waals surface area contributed by atoms with Gasteiger partial charge in [0.1, 0.15) is 18.1 Å². The van der Waals surface area contributed by atoms with Crippen LogP contribution in [0.25, 0.3) is 11.6 Å². The number of imide groups is 1. The van der Waals surface area contributed by atoms with Crippen LogP contribution in [0.3, 0.4) is 0 Å². The first-order chi connectivity index (χ1) is 20.3. The second-order valence-electron chi connectivity index (χ2n) is 11.8. The highest BCUT2D eigenvalue weighted by Crippen LogP contribution is 2.52. The minimum absolute atomic E-state index is 0.0943. The molecule has 0 saturated carbocycles. The molecule has 3 aromatic rings. The van der Waals surface area contributed by atoms with Crippen molar-refractivity contribution in [3.63, 3.8) is 0 Å². The van der Waals surface area contributed by atoms with Gasteiger partial charge in [0, 0.05) is 4.88 Å². The molecule has 0 spiro atoms. The van der Waals surface area contributed by atoms with Crippen molar-refractivity contribution in [3.05, 3.63) is 93.1 Å². The summed E-state index contributed by atoms with van der Waals surface area (Å²) in [6, 6.07) is 17.6. The maximum atomic E-state index is 13.8. The number of hydrogen-bond donors (Lipinski definition) is 2. The molecule has 1 aromatic carbocycles. The zero-order valence-electron chi connectivity index (χ0n) is 23.9. The second-order valence-corrected chi connectivity index (χ2v) is 12.8. The molecule has 6 rings (SSSR count). The molecule has 0 unspecified atom stereocenters. The largest absolute Gasteiger partial charge is 0.459 e. The molecular weight excluding hydrogens is 549 g/mol. The number of nitrogens with zero attached hydrogens (tertiary/aromatic N) is 1. The van der Waals surface area contributed by atoms with Gasteiger partial charge in [-0.25, -0.2) is 0 Å². The number of fused-ring (bicyclic) bond motifs is 3. The van der Waals surface area contributed by atoms with Gasteiger partial charge in [-0.3, -0.25) is 14.5 Å². The summed E-state index contributed by atoms with van der Waals surface area (Å²) in [6.45, 7) is 4.42. The number of rotatable bonds is 9. The van der Waals surface area contributed by atoms with Crippen LogP contribution in [0.15, 0.2) is 75.5 Å². The SMILES string of the molecule is CC(C)C1=C2[C@@H](CC/C(=C/c3ccc(CO)o3)c3ccccc3)OB(O)C[C@@H]2[C@@H]2C(=O)N(Cc3cccs3)C(=O)[C@@H]2C1. The fourth-order valence-corrected chi connectivity index (χ4v) is 7.69. The fraction of sp³-hybridized carbons (Fsp3) is 0.394. The smallest absolute Gasteiger partial charge is 0.455 e.